The zero-order valence-corrected chi connectivity index (χ0v) is 20.3. The van der Waals surface area contributed by atoms with E-state index in [2.05, 4.69) is 32.6 Å². The summed E-state index contributed by atoms with van der Waals surface area (Å²) in [4.78, 5) is 17.1. The van der Waals surface area contributed by atoms with Crippen molar-refractivity contribution in [2.75, 3.05) is 56.7 Å². The molecule has 2 amide bonds. The van der Waals surface area contributed by atoms with Crippen molar-refractivity contribution in [2.45, 2.75) is 13.1 Å². The number of amides is 2. The van der Waals surface area contributed by atoms with Crippen molar-refractivity contribution in [2.24, 2.45) is 0 Å². The van der Waals surface area contributed by atoms with Gasteiger partial charge in [-0.15, -0.1) is 0 Å². The normalized spacial score (nSPS) is 13.7. The number of urea groups is 1. The Morgan fingerprint density at radius 1 is 0.971 bits per heavy atom. The number of anilines is 2. The number of para-hydroxylation sites is 2. The van der Waals surface area contributed by atoms with Crippen LogP contribution in [0, 0.1) is 0 Å². The fraction of sp³-hybridized carbons (Fsp3) is 0.321. The summed E-state index contributed by atoms with van der Waals surface area (Å²) >= 11 is 0. The summed E-state index contributed by atoms with van der Waals surface area (Å²) in [7, 11) is 2.02. The molecule has 4 rings (SSSR count). The van der Waals surface area contributed by atoms with Crippen LogP contribution in [0.1, 0.15) is 11.1 Å². The molecule has 2 N–H and O–H groups in total. The highest BCUT2D eigenvalue weighted by atomic mass is 16.5. The van der Waals surface area contributed by atoms with Crippen LogP contribution in [0.4, 0.5) is 16.2 Å². The third-order valence-electron chi connectivity index (χ3n) is 5.96. The maximum absolute atomic E-state index is 12.7. The second-order valence-corrected chi connectivity index (χ2v) is 8.62. The van der Waals surface area contributed by atoms with Gasteiger partial charge in [0.15, 0.2) is 0 Å². The van der Waals surface area contributed by atoms with E-state index in [1.807, 2.05) is 73.8 Å². The monoisotopic (exact) mass is 474 g/mol. The topological polar surface area (TPSA) is 66.1 Å². The summed E-state index contributed by atoms with van der Waals surface area (Å²) in [6.07, 6.45) is 0. The molecule has 1 saturated heterocycles. The van der Waals surface area contributed by atoms with Gasteiger partial charge in [-0.1, -0.05) is 54.6 Å². The standard InChI is InChI=1S/C28H34N4O3/c1-31(22-23-8-3-2-4-9-23)27-13-6-5-12-26(27)30-28(33)29-21-24-10-7-11-25(20-24)35-19-16-32-14-17-34-18-15-32/h2-13,20H,14-19,21-22H2,1H3,(H2,29,30,33). The molecule has 0 radical (unpaired) electrons. The number of ether oxygens (including phenoxy) is 2. The second-order valence-electron chi connectivity index (χ2n) is 8.62. The smallest absolute Gasteiger partial charge is 0.319 e. The van der Waals surface area contributed by atoms with E-state index >= 15 is 0 Å². The summed E-state index contributed by atoms with van der Waals surface area (Å²) in [6.45, 7) is 6.15. The molecule has 35 heavy (non-hydrogen) atoms. The molecule has 7 heteroatoms. The van der Waals surface area contributed by atoms with Crippen molar-refractivity contribution in [1.29, 1.82) is 0 Å². The van der Waals surface area contributed by atoms with Gasteiger partial charge >= 0.3 is 6.03 Å². The van der Waals surface area contributed by atoms with E-state index in [9.17, 15) is 4.79 Å². The van der Waals surface area contributed by atoms with Crippen molar-refractivity contribution in [3.63, 3.8) is 0 Å². The SMILES string of the molecule is CN(Cc1ccccc1)c1ccccc1NC(=O)NCc1cccc(OCCN2CCOCC2)c1. The van der Waals surface area contributed by atoms with Crippen LogP contribution >= 0.6 is 0 Å². The number of benzene rings is 3. The van der Waals surface area contributed by atoms with Crippen molar-refractivity contribution in [1.82, 2.24) is 10.2 Å². The largest absolute Gasteiger partial charge is 0.492 e. The van der Waals surface area contributed by atoms with Crippen LogP contribution in [0.25, 0.3) is 0 Å². The fourth-order valence-corrected chi connectivity index (χ4v) is 4.07. The van der Waals surface area contributed by atoms with E-state index in [1.54, 1.807) is 0 Å². The molecule has 0 bridgehead atoms. The maximum Gasteiger partial charge on any atom is 0.319 e. The lowest BCUT2D eigenvalue weighted by Gasteiger charge is -2.26. The number of nitrogens with one attached hydrogen (secondary N) is 2. The first-order valence-corrected chi connectivity index (χ1v) is 12.1. The van der Waals surface area contributed by atoms with E-state index in [1.165, 1.54) is 5.56 Å². The number of hydrogen-bond donors (Lipinski definition) is 2. The van der Waals surface area contributed by atoms with Crippen LogP contribution < -0.4 is 20.3 Å². The first-order valence-electron chi connectivity index (χ1n) is 12.1. The Bertz CT molecular complexity index is 1070. The first-order chi connectivity index (χ1) is 17.2. The molecule has 184 valence electrons. The molecule has 1 aliphatic heterocycles. The van der Waals surface area contributed by atoms with Gasteiger partial charge in [-0.05, 0) is 35.4 Å². The molecule has 3 aromatic rings. The van der Waals surface area contributed by atoms with Crippen molar-refractivity contribution in [3.8, 4) is 5.75 Å². The number of rotatable bonds is 10. The van der Waals surface area contributed by atoms with Crippen molar-refractivity contribution >= 4 is 17.4 Å². The molecule has 1 heterocycles. The highest BCUT2D eigenvalue weighted by molar-refractivity contribution is 5.93. The lowest BCUT2D eigenvalue weighted by atomic mass is 10.2. The van der Waals surface area contributed by atoms with Crippen LogP contribution in [-0.4, -0.2) is 57.4 Å². The number of nitrogens with zero attached hydrogens (tertiary/aromatic N) is 2. The molecule has 1 aliphatic rings. The van der Waals surface area contributed by atoms with Crippen LogP contribution in [-0.2, 0) is 17.8 Å². The number of morpholine rings is 1. The summed E-state index contributed by atoms with van der Waals surface area (Å²) in [5, 5.41) is 5.95. The summed E-state index contributed by atoms with van der Waals surface area (Å²) in [5.74, 6) is 0.811. The first kappa shape index (κ1) is 24.6. The molecule has 0 spiro atoms. The molecule has 1 fully saturated rings. The average molecular weight is 475 g/mol. The molecular formula is C28H34N4O3. The summed E-state index contributed by atoms with van der Waals surface area (Å²) < 4.78 is 11.3. The van der Waals surface area contributed by atoms with Gasteiger partial charge < -0.3 is 25.0 Å². The van der Waals surface area contributed by atoms with Gasteiger partial charge in [-0.25, -0.2) is 4.79 Å². The van der Waals surface area contributed by atoms with Gasteiger partial charge in [0.2, 0.25) is 0 Å². The Morgan fingerprint density at radius 2 is 1.71 bits per heavy atom. The molecule has 0 unspecified atom stereocenters. The molecule has 0 atom stereocenters. The minimum atomic E-state index is -0.246. The van der Waals surface area contributed by atoms with Crippen LogP contribution in [0.3, 0.4) is 0 Å². The number of carbonyl (C=O) groups excluding carboxylic acids is 1. The molecule has 7 nitrogen and oxygen atoms in total. The molecule has 0 aliphatic carbocycles. The lowest BCUT2D eigenvalue weighted by Crippen LogP contribution is -2.38. The molecular weight excluding hydrogens is 440 g/mol. The van der Waals surface area contributed by atoms with Crippen LogP contribution in [0.5, 0.6) is 5.75 Å². The average Bonchev–Trinajstić information content (AvgIpc) is 2.89. The Kier molecular flexibility index (Phi) is 8.98. The highest BCUT2D eigenvalue weighted by Gasteiger charge is 2.12. The van der Waals surface area contributed by atoms with E-state index in [4.69, 9.17) is 9.47 Å². The third-order valence-corrected chi connectivity index (χ3v) is 5.96. The molecule has 0 aromatic heterocycles. The number of carbonyl (C=O) groups is 1. The van der Waals surface area contributed by atoms with Crippen molar-refractivity contribution < 1.29 is 14.3 Å². The van der Waals surface area contributed by atoms with Crippen molar-refractivity contribution in [3.05, 3.63) is 90.0 Å². The summed E-state index contributed by atoms with van der Waals surface area (Å²) in [5.41, 5.74) is 3.92. The van der Waals surface area contributed by atoms with Gasteiger partial charge in [0, 0.05) is 39.8 Å². The minimum absolute atomic E-state index is 0.246. The fourth-order valence-electron chi connectivity index (χ4n) is 4.07. The zero-order chi connectivity index (χ0) is 24.3. The Morgan fingerprint density at radius 3 is 2.54 bits per heavy atom. The second kappa shape index (κ2) is 12.8. The van der Waals surface area contributed by atoms with Gasteiger partial charge in [-0.3, -0.25) is 4.90 Å². The van der Waals surface area contributed by atoms with Gasteiger partial charge in [0.05, 0.1) is 24.6 Å². The molecule has 0 saturated carbocycles. The number of hydrogen-bond acceptors (Lipinski definition) is 5. The lowest BCUT2D eigenvalue weighted by molar-refractivity contribution is 0.0322. The quantitative estimate of drug-likeness (QED) is 0.457. The van der Waals surface area contributed by atoms with E-state index < -0.39 is 0 Å². The van der Waals surface area contributed by atoms with Gasteiger partial charge in [0.1, 0.15) is 12.4 Å². The summed E-state index contributed by atoms with van der Waals surface area (Å²) in [6, 6.07) is 25.7. The zero-order valence-electron chi connectivity index (χ0n) is 20.3. The third kappa shape index (κ3) is 7.73. The van der Waals surface area contributed by atoms with E-state index in [-0.39, 0.29) is 6.03 Å². The highest BCUT2D eigenvalue weighted by Crippen LogP contribution is 2.26. The predicted octanol–water partition coefficient (Wildman–Crippen LogP) is 4.36. The Labute approximate surface area is 207 Å². The van der Waals surface area contributed by atoms with E-state index in [0.717, 1.165) is 62.1 Å². The Hall–Kier alpha value is -3.55. The van der Waals surface area contributed by atoms with Gasteiger partial charge in [-0.2, -0.15) is 0 Å². The van der Waals surface area contributed by atoms with Crippen LogP contribution in [0.2, 0.25) is 0 Å². The maximum atomic E-state index is 12.7. The van der Waals surface area contributed by atoms with Crippen LogP contribution in [0.15, 0.2) is 78.9 Å². The Balaban J connectivity index is 1.26. The van der Waals surface area contributed by atoms with E-state index in [0.29, 0.717) is 13.2 Å². The molecule has 3 aromatic carbocycles. The minimum Gasteiger partial charge on any atom is -0.492 e. The van der Waals surface area contributed by atoms with Gasteiger partial charge in [0.25, 0.3) is 0 Å². The predicted molar refractivity (Wildman–Crippen MR) is 140 cm³/mol.